The molecule has 6 nitrogen and oxygen atoms in total. The number of halogens is 1. The van der Waals surface area contributed by atoms with E-state index in [9.17, 15) is 14.9 Å². The molecule has 23 heavy (non-hydrogen) atoms. The van der Waals surface area contributed by atoms with Gasteiger partial charge in [0.1, 0.15) is 11.4 Å². The van der Waals surface area contributed by atoms with Gasteiger partial charge in [0.2, 0.25) is 0 Å². The molecule has 0 radical (unpaired) electrons. The first-order chi connectivity index (χ1) is 10.9. The molecule has 0 saturated heterocycles. The lowest BCUT2D eigenvalue weighted by atomic mass is 10.2. The fourth-order valence-electron chi connectivity index (χ4n) is 1.94. The van der Waals surface area contributed by atoms with Crippen LogP contribution >= 0.6 is 15.9 Å². The smallest absolute Gasteiger partial charge is 0.293 e. The Labute approximate surface area is 141 Å². The lowest BCUT2D eigenvalue weighted by Crippen LogP contribution is -2.20. The van der Waals surface area contributed by atoms with Crippen LogP contribution in [0.15, 0.2) is 40.9 Å². The second-order valence-corrected chi connectivity index (χ2v) is 5.88. The Hall–Kier alpha value is -2.41. The van der Waals surface area contributed by atoms with Crippen LogP contribution in [-0.4, -0.2) is 17.4 Å². The number of nitrogens with one attached hydrogen (secondary N) is 1. The first kappa shape index (κ1) is 17.0. The highest BCUT2D eigenvalue weighted by Gasteiger charge is 2.16. The Kier molecular flexibility index (Phi) is 5.33. The maximum absolute atomic E-state index is 11.9. The van der Waals surface area contributed by atoms with Crippen molar-refractivity contribution in [3.05, 3.63) is 62.1 Å². The molecular formula is C16H15BrN2O4. The summed E-state index contributed by atoms with van der Waals surface area (Å²) in [4.78, 5) is 22.4. The van der Waals surface area contributed by atoms with Crippen LogP contribution in [0, 0.1) is 24.0 Å². The Balaban J connectivity index is 2.02. The molecule has 0 aliphatic carbocycles. The van der Waals surface area contributed by atoms with Crippen molar-refractivity contribution >= 4 is 33.2 Å². The van der Waals surface area contributed by atoms with E-state index in [1.807, 2.05) is 13.0 Å². The predicted molar refractivity (Wildman–Crippen MR) is 90.8 cm³/mol. The summed E-state index contributed by atoms with van der Waals surface area (Å²) in [5.41, 5.74) is 1.74. The minimum atomic E-state index is -0.526. The fraction of sp³-hybridized carbons (Fsp3) is 0.188. The van der Waals surface area contributed by atoms with Gasteiger partial charge >= 0.3 is 0 Å². The molecule has 0 aliphatic heterocycles. The molecule has 2 aromatic rings. The van der Waals surface area contributed by atoms with E-state index in [1.165, 1.54) is 12.1 Å². The summed E-state index contributed by atoms with van der Waals surface area (Å²) < 4.78 is 6.35. The van der Waals surface area contributed by atoms with Gasteiger partial charge in [-0.3, -0.25) is 14.9 Å². The third-order valence-electron chi connectivity index (χ3n) is 3.12. The monoisotopic (exact) mass is 378 g/mol. The van der Waals surface area contributed by atoms with Gasteiger partial charge in [-0.1, -0.05) is 22.0 Å². The van der Waals surface area contributed by atoms with Gasteiger partial charge in [-0.05, 0) is 49.2 Å². The first-order valence-electron chi connectivity index (χ1n) is 6.80. The van der Waals surface area contributed by atoms with Crippen LogP contribution in [0.1, 0.15) is 11.1 Å². The zero-order valence-corrected chi connectivity index (χ0v) is 14.2. The molecule has 0 aromatic heterocycles. The summed E-state index contributed by atoms with van der Waals surface area (Å²) in [6, 6.07) is 9.98. The highest BCUT2D eigenvalue weighted by atomic mass is 79.9. The van der Waals surface area contributed by atoms with E-state index in [4.69, 9.17) is 4.74 Å². The van der Waals surface area contributed by atoms with Crippen LogP contribution in [0.3, 0.4) is 0 Å². The van der Waals surface area contributed by atoms with Crippen molar-refractivity contribution in [2.75, 3.05) is 11.9 Å². The number of benzene rings is 2. The van der Waals surface area contributed by atoms with Crippen LogP contribution in [-0.2, 0) is 4.79 Å². The number of amides is 1. The van der Waals surface area contributed by atoms with Crippen LogP contribution < -0.4 is 10.1 Å². The number of hydrogen-bond acceptors (Lipinski definition) is 4. The molecule has 0 bridgehead atoms. The molecular weight excluding hydrogens is 364 g/mol. The molecule has 0 heterocycles. The van der Waals surface area contributed by atoms with Gasteiger partial charge in [0, 0.05) is 10.5 Å². The zero-order valence-electron chi connectivity index (χ0n) is 12.6. The number of hydrogen-bond donors (Lipinski definition) is 1. The number of rotatable bonds is 5. The Morgan fingerprint density at radius 2 is 2.00 bits per heavy atom. The number of nitrogens with zero attached hydrogens (tertiary/aromatic N) is 1. The second kappa shape index (κ2) is 7.23. The van der Waals surface area contributed by atoms with Crippen molar-refractivity contribution in [2.24, 2.45) is 0 Å². The summed E-state index contributed by atoms with van der Waals surface area (Å²) in [7, 11) is 0. The molecule has 2 aromatic carbocycles. The van der Waals surface area contributed by atoms with E-state index in [1.54, 1.807) is 25.1 Å². The number of carbonyl (C=O) groups is 1. The zero-order chi connectivity index (χ0) is 17.0. The number of carbonyl (C=O) groups excluding carboxylic acids is 1. The van der Waals surface area contributed by atoms with Crippen molar-refractivity contribution in [3.63, 3.8) is 0 Å². The Morgan fingerprint density at radius 1 is 1.26 bits per heavy atom. The molecule has 0 saturated carbocycles. The van der Waals surface area contributed by atoms with Crippen molar-refractivity contribution in [2.45, 2.75) is 13.8 Å². The van der Waals surface area contributed by atoms with Crippen LogP contribution in [0.5, 0.6) is 5.75 Å². The average molecular weight is 379 g/mol. The van der Waals surface area contributed by atoms with E-state index < -0.39 is 10.8 Å². The van der Waals surface area contributed by atoms with Crippen LogP contribution in [0.25, 0.3) is 0 Å². The molecule has 2 rings (SSSR count). The number of nitro groups is 1. The second-order valence-electron chi connectivity index (χ2n) is 5.03. The summed E-state index contributed by atoms with van der Waals surface area (Å²) >= 11 is 3.38. The minimum Gasteiger partial charge on any atom is -0.484 e. The fourth-order valence-corrected chi connectivity index (χ4v) is 2.19. The van der Waals surface area contributed by atoms with Gasteiger partial charge in [-0.25, -0.2) is 0 Å². The number of ether oxygens (including phenoxy) is 1. The maximum Gasteiger partial charge on any atom is 0.293 e. The minimum absolute atomic E-state index is 0.141. The third kappa shape index (κ3) is 4.53. The molecule has 120 valence electrons. The topological polar surface area (TPSA) is 81.5 Å². The van der Waals surface area contributed by atoms with Crippen molar-refractivity contribution in [1.29, 1.82) is 0 Å². The average Bonchev–Trinajstić information content (AvgIpc) is 2.50. The SMILES string of the molecule is Cc1ccc(NC(=O)COc2ccc(Br)c(C)c2)c([N+](=O)[O-])c1. The van der Waals surface area contributed by atoms with Gasteiger partial charge < -0.3 is 10.1 Å². The number of aryl methyl sites for hydroxylation is 2. The highest BCUT2D eigenvalue weighted by molar-refractivity contribution is 9.10. The van der Waals surface area contributed by atoms with Crippen LogP contribution in [0.4, 0.5) is 11.4 Å². The molecule has 0 spiro atoms. The third-order valence-corrected chi connectivity index (χ3v) is 4.01. The summed E-state index contributed by atoms with van der Waals surface area (Å²) in [5.74, 6) is 0.0942. The van der Waals surface area contributed by atoms with Gasteiger partial charge in [0.25, 0.3) is 11.6 Å². The maximum atomic E-state index is 11.9. The number of anilines is 1. The molecule has 0 fully saturated rings. The van der Waals surface area contributed by atoms with E-state index in [0.29, 0.717) is 5.75 Å². The summed E-state index contributed by atoms with van der Waals surface area (Å²) in [5, 5.41) is 13.5. The van der Waals surface area contributed by atoms with Crippen molar-refractivity contribution in [3.8, 4) is 5.75 Å². The standard InChI is InChI=1S/C16H15BrN2O4/c1-10-3-6-14(15(7-10)19(21)22)18-16(20)9-23-12-4-5-13(17)11(2)8-12/h3-8H,9H2,1-2H3,(H,18,20). The van der Waals surface area contributed by atoms with Crippen molar-refractivity contribution < 1.29 is 14.5 Å². The van der Waals surface area contributed by atoms with Gasteiger partial charge in [0.15, 0.2) is 6.61 Å². The predicted octanol–water partition coefficient (Wildman–Crippen LogP) is 3.99. The highest BCUT2D eigenvalue weighted by Crippen LogP contribution is 2.25. The lowest BCUT2D eigenvalue weighted by Gasteiger charge is -2.09. The van der Waals surface area contributed by atoms with E-state index in [0.717, 1.165) is 15.6 Å². The van der Waals surface area contributed by atoms with Gasteiger partial charge in [-0.2, -0.15) is 0 Å². The Morgan fingerprint density at radius 3 is 2.65 bits per heavy atom. The van der Waals surface area contributed by atoms with Crippen LogP contribution in [0.2, 0.25) is 0 Å². The molecule has 1 N–H and O–H groups in total. The molecule has 0 atom stereocenters. The normalized spacial score (nSPS) is 10.2. The molecule has 0 aliphatic rings. The first-order valence-corrected chi connectivity index (χ1v) is 7.60. The van der Waals surface area contributed by atoms with E-state index in [2.05, 4.69) is 21.2 Å². The summed E-state index contributed by atoms with van der Waals surface area (Å²) in [6.45, 7) is 3.43. The molecule has 1 amide bonds. The summed E-state index contributed by atoms with van der Waals surface area (Å²) in [6.07, 6.45) is 0. The van der Waals surface area contributed by atoms with Crippen molar-refractivity contribution in [1.82, 2.24) is 0 Å². The quantitative estimate of drug-likeness (QED) is 0.629. The van der Waals surface area contributed by atoms with Gasteiger partial charge in [0.05, 0.1) is 4.92 Å². The van der Waals surface area contributed by atoms with E-state index in [-0.39, 0.29) is 18.0 Å². The molecule has 0 unspecified atom stereocenters. The Bertz CT molecular complexity index is 762. The lowest BCUT2D eigenvalue weighted by molar-refractivity contribution is -0.384. The molecule has 7 heteroatoms. The van der Waals surface area contributed by atoms with Gasteiger partial charge in [-0.15, -0.1) is 0 Å². The van der Waals surface area contributed by atoms with E-state index >= 15 is 0 Å². The largest absolute Gasteiger partial charge is 0.484 e. The number of nitro benzene ring substituents is 1.